The van der Waals surface area contributed by atoms with E-state index in [-0.39, 0.29) is 22.6 Å². The molecule has 3 aromatic rings. The lowest BCUT2D eigenvalue weighted by Crippen LogP contribution is -2.29. The Hall–Kier alpha value is -4.79. The van der Waals surface area contributed by atoms with Crippen molar-refractivity contribution in [3.05, 3.63) is 83.4 Å². The maximum Gasteiger partial charge on any atom is 0.308 e. The molecule has 188 valence electrons. The van der Waals surface area contributed by atoms with Crippen molar-refractivity contribution in [3.63, 3.8) is 0 Å². The third kappa shape index (κ3) is 4.47. The van der Waals surface area contributed by atoms with Crippen LogP contribution in [-0.4, -0.2) is 43.1 Å². The third-order valence-electron chi connectivity index (χ3n) is 6.03. The van der Waals surface area contributed by atoms with Gasteiger partial charge in [-0.25, -0.2) is 0 Å². The van der Waals surface area contributed by atoms with Crippen molar-refractivity contribution in [1.29, 1.82) is 0 Å². The smallest absolute Gasteiger partial charge is 0.308 e. The third-order valence-corrected chi connectivity index (χ3v) is 6.03. The van der Waals surface area contributed by atoms with Crippen LogP contribution in [0.15, 0.2) is 72.3 Å². The zero-order valence-electron chi connectivity index (χ0n) is 20.1. The van der Waals surface area contributed by atoms with Gasteiger partial charge in [0.05, 0.1) is 18.7 Å². The van der Waals surface area contributed by atoms with Crippen molar-refractivity contribution >= 4 is 29.1 Å². The number of hydrogen-bond acceptors (Lipinski definition) is 8. The van der Waals surface area contributed by atoms with Crippen molar-refractivity contribution in [2.75, 3.05) is 25.2 Å². The highest BCUT2D eigenvalue weighted by Gasteiger charge is 2.47. The van der Waals surface area contributed by atoms with Gasteiger partial charge in [-0.2, -0.15) is 0 Å². The van der Waals surface area contributed by atoms with E-state index in [1.807, 2.05) is 0 Å². The van der Waals surface area contributed by atoms with Crippen molar-refractivity contribution < 1.29 is 38.4 Å². The molecule has 1 N–H and O–H groups in total. The van der Waals surface area contributed by atoms with Crippen LogP contribution in [0.1, 0.15) is 24.1 Å². The van der Waals surface area contributed by atoms with Gasteiger partial charge >= 0.3 is 5.97 Å². The van der Waals surface area contributed by atoms with E-state index >= 15 is 0 Å². The van der Waals surface area contributed by atoms with E-state index in [0.29, 0.717) is 41.7 Å². The van der Waals surface area contributed by atoms with Crippen LogP contribution in [0.2, 0.25) is 0 Å². The fourth-order valence-corrected chi connectivity index (χ4v) is 4.43. The second kappa shape index (κ2) is 9.69. The summed E-state index contributed by atoms with van der Waals surface area (Å²) in [5, 5.41) is 11.4. The lowest BCUT2D eigenvalue weighted by atomic mass is 9.94. The SMILES string of the molecule is COc1cccc(N2C(=O)C(=O)/C(=C(\O)c3ccc4c(c3)OCCO4)C2c2cccc(OC(C)=O)c2)c1. The molecule has 5 rings (SSSR count). The van der Waals surface area contributed by atoms with E-state index in [9.17, 15) is 19.5 Å². The maximum atomic E-state index is 13.4. The van der Waals surface area contributed by atoms with Gasteiger partial charge in [0.25, 0.3) is 11.7 Å². The zero-order chi connectivity index (χ0) is 26.1. The van der Waals surface area contributed by atoms with Gasteiger partial charge < -0.3 is 24.1 Å². The van der Waals surface area contributed by atoms with Gasteiger partial charge in [-0.3, -0.25) is 19.3 Å². The number of amides is 1. The van der Waals surface area contributed by atoms with E-state index in [4.69, 9.17) is 18.9 Å². The number of carbonyl (C=O) groups is 3. The average molecular weight is 501 g/mol. The second-order valence-electron chi connectivity index (χ2n) is 8.40. The Morgan fingerprint density at radius 2 is 1.68 bits per heavy atom. The van der Waals surface area contributed by atoms with Crippen LogP contribution in [0.25, 0.3) is 5.76 Å². The Labute approximate surface area is 212 Å². The summed E-state index contributed by atoms with van der Waals surface area (Å²) < 4.78 is 21.7. The molecule has 2 heterocycles. The van der Waals surface area contributed by atoms with Crippen LogP contribution < -0.4 is 23.8 Å². The van der Waals surface area contributed by atoms with Gasteiger partial charge in [-0.05, 0) is 48.0 Å². The highest BCUT2D eigenvalue weighted by atomic mass is 16.6. The average Bonchev–Trinajstić information content (AvgIpc) is 3.18. The van der Waals surface area contributed by atoms with Crippen molar-refractivity contribution in [2.24, 2.45) is 0 Å². The molecule has 9 nitrogen and oxygen atoms in total. The zero-order valence-corrected chi connectivity index (χ0v) is 20.1. The van der Waals surface area contributed by atoms with E-state index in [1.54, 1.807) is 66.7 Å². The van der Waals surface area contributed by atoms with Gasteiger partial charge in [0.1, 0.15) is 30.5 Å². The lowest BCUT2D eigenvalue weighted by molar-refractivity contribution is -0.132. The molecule has 2 aliphatic rings. The Kier molecular flexibility index (Phi) is 6.27. The minimum atomic E-state index is -1.02. The van der Waals surface area contributed by atoms with E-state index in [0.717, 1.165) is 0 Å². The molecule has 1 atom stereocenters. The van der Waals surface area contributed by atoms with E-state index in [1.165, 1.54) is 18.9 Å². The van der Waals surface area contributed by atoms with Gasteiger partial charge in [0.15, 0.2) is 11.5 Å². The number of anilines is 1. The Morgan fingerprint density at radius 1 is 0.946 bits per heavy atom. The molecule has 0 radical (unpaired) electrons. The minimum absolute atomic E-state index is 0.121. The van der Waals surface area contributed by atoms with Crippen molar-refractivity contribution in [3.8, 4) is 23.0 Å². The fraction of sp³-hybridized carbons (Fsp3) is 0.179. The first-order chi connectivity index (χ1) is 17.9. The minimum Gasteiger partial charge on any atom is -0.507 e. The predicted molar refractivity (Wildman–Crippen MR) is 133 cm³/mol. The molecule has 37 heavy (non-hydrogen) atoms. The quantitative estimate of drug-likeness (QED) is 0.184. The number of ketones is 1. The molecule has 3 aromatic carbocycles. The summed E-state index contributed by atoms with van der Waals surface area (Å²) in [6, 6.07) is 16.9. The predicted octanol–water partition coefficient (Wildman–Crippen LogP) is 4.02. The van der Waals surface area contributed by atoms with Gasteiger partial charge in [0, 0.05) is 24.2 Å². The number of esters is 1. The molecule has 1 fully saturated rings. The maximum absolute atomic E-state index is 13.4. The number of aliphatic hydroxyl groups excluding tert-OH is 1. The number of hydrogen-bond donors (Lipinski definition) is 1. The van der Waals surface area contributed by atoms with Gasteiger partial charge in [-0.1, -0.05) is 18.2 Å². The number of carbonyl (C=O) groups excluding carboxylic acids is 3. The normalized spacial score (nSPS) is 18.0. The molecule has 1 saturated heterocycles. The van der Waals surface area contributed by atoms with E-state index < -0.39 is 23.7 Å². The largest absolute Gasteiger partial charge is 0.507 e. The van der Waals surface area contributed by atoms with Gasteiger partial charge in [-0.15, -0.1) is 0 Å². The summed E-state index contributed by atoms with van der Waals surface area (Å²) in [6.45, 7) is 2.03. The monoisotopic (exact) mass is 501 g/mol. The molecule has 0 spiro atoms. The number of ether oxygens (including phenoxy) is 4. The first-order valence-electron chi connectivity index (χ1n) is 11.5. The highest BCUT2D eigenvalue weighted by Crippen LogP contribution is 2.44. The number of methoxy groups -OCH3 is 1. The van der Waals surface area contributed by atoms with Crippen LogP contribution in [0, 0.1) is 0 Å². The molecule has 0 saturated carbocycles. The number of fused-ring (bicyclic) bond motifs is 1. The highest BCUT2D eigenvalue weighted by molar-refractivity contribution is 6.51. The summed E-state index contributed by atoms with van der Waals surface area (Å²) in [6.07, 6.45) is 0. The van der Waals surface area contributed by atoms with Crippen molar-refractivity contribution in [2.45, 2.75) is 13.0 Å². The summed E-state index contributed by atoms with van der Waals surface area (Å²) in [4.78, 5) is 39.7. The fourth-order valence-electron chi connectivity index (χ4n) is 4.43. The molecule has 1 unspecified atom stereocenters. The molecular formula is C28H23NO8. The molecule has 2 aliphatic heterocycles. The molecule has 1 amide bonds. The Balaban J connectivity index is 1.69. The van der Waals surface area contributed by atoms with Crippen molar-refractivity contribution in [1.82, 2.24) is 0 Å². The molecule has 0 aromatic heterocycles. The number of nitrogens with zero attached hydrogens (tertiary/aromatic N) is 1. The Bertz CT molecular complexity index is 1440. The first-order valence-corrected chi connectivity index (χ1v) is 11.5. The molecule has 0 bridgehead atoms. The summed E-state index contributed by atoms with van der Waals surface area (Å²) >= 11 is 0. The van der Waals surface area contributed by atoms with E-state index in [2.05, 4.69) is 0 Å². The van der Waals surface area contributed by atoms with Crippen LogP contribution in [0.4, 0.5) is 5.69 Å². The molecular weight excluding hydrogens is 478 g/mol. The van der Waals surface area contributed by atoms with Crippen LogP contribution in [0.3, 0.4) is 0 Å². The molecule has 0 aliphatic carbocycles. The number of aliphatic hydroxyl groups is 1. The number of benzene rings is 3. The van der Waals surface area contributed by atoms with Crippen LogP contribution in [-0.2, 0) is 14.4 Å². The summed E-state index contributed by atoms with van der Waals surface area (Å²) in [5.41, 5.74) is 1.02. The molecule has 9 heteroatoms. The summed E-state index contributed by atoms with van der Waals surface area (Å²) in [5.74, 6) is -0.914. The summed E-state index contributed by atoms with van der Waals surface area (Å²) in [7, 11) is 1.50. The topological polar surface area (TPSA) is 112 Å². The standard InChI is InChI=1S/C28H23NO8/c1-16(30)37-21-8-3-5-17(13-21)25-24(26(31)18-9-10-22-23(14-18)36-12-11-35-22)27(32)28(33)29(25)19-6-4-7-20(15-19)34-2/h3-10,13-15,25,31H,11-12H2,1-2H3/b26-24-. The number of rotatable bonds is 5. The Morgan fingerprint density at radius 3 is 2.43 bits per heavy atom. The van der Waals surface area contributed by atoms with Crippen LogP contribution in [0.5, 0.6) is 23.0 Å². The van der Waals surface area contributed by atoms with Gasteiger partial charge in [0.2, 0.25) is 0 Å². The van der Waals surface area contributed by atoms with Crippen LogP contribution >= 0.6 is 0 Å². The number of Topliss-reactive ketones (excluding diaryl/α,β-unsaturated/α-hetero) is 1. The lowest BCUT2D eigenvalue weighted by Gasteiger charge is -2.26. The second-order valence-corrected chi connectivity index (χ2v) is 8.40. The first kappa shape index (κ1) is 23.9.